The molecule has 4 rings (SSSR count). The second kappa shape index (κ2) is 11.0. The molecule has 2 heterocycles. The first-order valence-corrected chi connectivity index (χ1v) is 10.7. The molecule has 2 aromatic carbocycles. The molecule has 0 aliphatic carbocycles. The van der Waals surface area contributed by atoms with Crippen molar-refractivity contribution in [2.45, 2.75) is 38.8 Å². The van der Waals surface area contributed by atoms with E-state index in [1.54, 1.807) is 0 Å². The van der Waals surface area contributed by atoms with Crippen LogP contribution in [0, 0.1) is 12.8 Å². The third-order valence-corrected chi connectivity index (χ3v) is 6.03. The summed E-state index contributed by atoms with van der Waals surface area (Å²) in [5, 5.41) is 3.40. The predicted octanol–water partition coefficient (Wildman–Crippen LogP) is 4.25. The number of nitrogens with zero attached hydrogens (tertiary/aromatic N) is 2. The fourth-order valence-corrected chi connectivity index (χ4v) is 4.22. The minimum absolute atomic E-state index is 0. The first-order valence-electron chi connectivity index (χ1n) is 10.7. The third-order valence-electron chi connectivity index (χ3n) is 6.03. The van der Waals surface area contributed by atoms with Gasteiger partial charge >= 0.3 is 0 Å². The van der Waals surface area contributed by atoms with Crippen LogP contribution in [-0.4, -0.2) is 37.1 Å². The molecular weight excluding hydrogens is 487 g/mol. The van der Waals surface area contributed by atoms with Gasteiger partial charge < -0.3 is 15.8 Å². The zero-order valence-electron chi connectivity index (χ0n) is 17.7. The molecule has 2 aliphatic rings. The number of para-hydroxylation sites is 1. The number of fused-ring (bicyclic) bond motifs is 1. The molecule has 5 nitrogen and oxygen atoms in total. The maximum absolute atomic E-state index is 6.21. The van der Waals surface area contributed by atoms with E-state index in [2.05, 4.69) is 52.5 Å². The van der Waals surface area contributed by atoms with Crippen molar-refractivity contribution in [3.8, 4) is 5.75 Å². The number of benzene rings is 2. The Labute approximate surface area is 197 Å². The maximum Gasteiger partial charge on any atom is 0.189 e. The van der Waals surface area contributed by atoms with Crippen LogP contribution in [0.1, 0.15) is 42.0 Å². The van der Waals surface area contributed by atoms with Crippen LogP contribution < -0.4 is 15.8 Å². The lowest BCUT2D eigenvalue weighted by atomic mass is 9.96. The number of guanidine groups is 1. The molecule has 162 valence electrons. The summed E-state index contributed by atoms with van der Waals surface area (Å²) in [6.07, 6.45) is 3.27. The van der Waals surface area contributed by atoms with E-state index in [1.165, 1.54) is 29.5 Å². The van der Waals surface area contributed by atoms with Crippen LogP contribution in [-0.2, 0) is 6.54 Å². The Balaban J connectivity index is 0.00000256. The lowest BCUT2D eigenvalue weighted by molar-refractivity contribution is 0.180. The van der Waals surface area contributed by atoms with E-state index in [4.69, 9.17) is 10.5 Å². The molecule has 6 heteroatoms. The average Bonchev–Trinajstić information content (AvgIpc) is 2.75. The number of hydrogen-bond donors (Lipinski definition) is 2. The van der Waals surface area contributed by atoms with Crippen molar-refractivity contribution in [1.82, 2.24) is 10.2 Å². The maximum atomic E-state index is 6.21. The predicted molar refractivity (Wildman–Crippen MR) is 134 cm³/mol. The van der Waals surface area contributed by atoms with Crippen molar-refractivity contribution >= 4 is 29.9 Å². The Morgan fingerprint density at radius 1 is 1.10 bits per heavy atom. The first-order chi connectivity index (χ1) is 14.2. The largest absolute Gasteiger partial charge is 0.493 e. The fraction of sp³-hybridized carbons (Fsp3) is 0.458. The summed E-state index contributed by atoms with van der Waals surface area (Å²) in [6.45, 7) is 6.97. The highest BCUT2D eigenvalue weighted by Gasteiger charge is 2.22. The normalized spacial score (nSPS) is 20.0. The minimum atomic E-state index is 0. The van der Waals surface area contributed by atoms with E-state index >= 15 is 0 Å². The Kier molecular flexibility index (Phi) is 8.39. The van der Waals surface area contributed by atoms with Crippen LogP contribution in [0.4, 0.5) is 0 Å². The molecule has 0 bridgehead atoms. The van der Waals surface area contributed by atoms with Crippen LogP contribution >= 0.6 is 24.0 Å². The quantitative estimate of drug-likeness (QED) is 0.352. The number of aliphatic imine (C=N–C) groups is 1. The molecule has 1 atom stereocenters. The smallest absolute Gasteiger partial charge is 0.189 e. The summed E-state index contributed by atoms with van der Waals surface area (Å²) in [5.74, 6) is 2.12. The summed E-state index contributed by atoms with van der Waals surface area (Å²) in [6, 6.07) is 17.2. The summed E-state index contributed by atoms with van der Waals surface area (Å²) in [5.41, 5.74) is 10.1. The third kappa shape index (κ3) is 6.11. The number of halogens is 1. The van der Waals surface area contributed by atoms with E-state index in [0.29, 0.717) is 18.5 Å². The number of piperidine rings is 1. The molecule has 0 aromatic heterocycles. The van der Waals surface area contributed by atoms with Crippen molar-refractivity contribution < 1.29 is 4.74 Å². The molecule has 2 aliphatic heterocycles. The Morgan fingerprint density at radius 2 is 1.83 bits per heavy atom. The van der Waals surface area contributed by atoms with Gasteiger partial charge in [-0.1, -0.05) is 48.0 Å². The second-order valence-corrected chi connectivity index (χ2v) is 8.30. The number of rotatable bonds is 5. The standard InChI is InChI=1S/C24H32N4O.HI/c1-18-6-8-20(9-7-18)17-28-13-10-19(11-14-28)16-26-24(25)27-22-12-15-29-23-5-3-2-4-21(22)23;/h2-9,19,22H,10-17H2,1H3,(H3,25,26,27);1H. The first kappa shape index (κ1) is 22.9. The molecule has 0 amide bonds. The highest BCUT2D eigenvalue weighted by atomic mass is 127. The van der Waals surface area contributed by atoms with Crippen molar-refractivity contribution in [3.05, 3.63) is 65.2 Å². The van der Waals surface area contributed by atoms with Crippen molar-refractivity contribution in [2.24, 2.45) is 16.6 Å². The average molecular weight is 520 g/mol. The van der Waals surface area contributed by atoms with E-state index in [1.807, 2.05) is 18.2 Å². The molecule has 3 N–H and O–H groups in total. The zero-order chi connectivity index (χ0) is 20.1. The number of ether oxygens (including phenoxy) is 1. The second-order valence-electron chi connectivity index (χ2n) is 8.30. The van der Waals surface area contributed by atoms with E-state index in [-0.39, 0.29) is 30.0 Å². The number of likely N-dealkylation sites (tertiary alicyclic amines) is 1. The Bertz CT molecular complexity index is 831. The Morgan fingerprint density at radius 3 is 2.60 bits per heavy atom. The van der Waals surface area contributed by atoms with Crippen molar-refractivity contribution in [1.29, 1.82) is 0 Å². The van der Waals surface area contributed by atoms with Crippen LogP contribution in [0.5, 0.6) is 5.75 Å². The number of hydrogen-bond acceptors (Lipinski definition) is 3. The van der Waals surface area contributed by atoms with Crippen LogP contribution in [0.2, 0.25) is 0 Å². The molecule has 30 heavy (non-hydrogen) atoms. The molecular formula is C24H33IN4O. The zero-order valence-corrected chi connectivity index (χ0v) is 20.0. The topological polar surface area (TPSA) is 62.9 Å². The monoisotopic (exact) mass is 520 g/mol. The number of nitrogens with two attached hydrogens (primary N) is 1. The van der Waals surface area contributed by atoms with Gasteiger partial charge in [-0.05, 0) is 50.4 Å². The minimum Gasteiger partial charge on any atom is -0.493 e. The summed E-state index contributed by atoms with van der Waals surface area (Å²) in [4.78, 5) is 7.20. The molecule has 1 saturated heterocycles. The van der Waals surface area contributed by atoms with E-state index < -0.39 is 0 Å². The van der Waals surface area contributed by atoms with Gasteiger partial charge in [0.2, 0.25) is 0 Å². The van der Waals surface area contributed by atoms with Crippen LogP contribution in [0.3, 0.4) is 0 Å². The van der Waals surface area contributed by atoms with E-state index in [0.717, 1.165) is 38.3 Å². The molecule has 0 spiro atoms. The molecule has 1 unspecified atom stereocenters. The molecule has 1 fully saturated rings. The van der Waals surface area contributed by atoms with Gasteiger partial charge in [0.25, 0.3) is 0 Å². The summed E-state index contributed by atoms with van der Waals surface area (Å²) in [7, 11) is 0. The van der Waals surface area contributed by atoms with Gasteiger partial charge in [0.15, 0.2) is 5.96 Å². The lowest BCUT2D eigenvalue weighted by Crippen LogP contribution is -2.38. The van der Waals surface area contributed by atoms with Crippen molar-refractivity contribution in [3.63, 3.8) is 0 Å². The van der Waals surface area contributed by atoms with Gasteiger partial charge in [-0.3, -0.25) is 9.89 Å². The highest BCUT2D eigenvalue weighted by Crippen LogP contribution is 2.31. The number of nitrogens with one attached hydrogen (secondary N) is 1. The summed E-state index contributed by atoms with van der Waals surface area (Å²) < 4.78 is 5.72. The molecule has 2 aromatic rings. The van der Waals surface area contributed by atoms with Crippen LogP contribution in [0.15, 0.2) is 53.5 Å². The Hall–Kier alpha value is -1.80. The molecule has 0 saturated carbocycles. The molecule has 0 radical (unpaired) electrons. The number of aryl methyl sites for hydroxylation is 1. The van der Waals surface area contributed by atoms with Gasteiger partial charge in [0, 0.05) is 25.1 Å². The van der Waals surface area contributed by atoms with Crippen LogP contribution in [0.25, 0.3) is 0 Å². The SMILES string of the molecule is Cc1ccc(CN2CCC(CN=C(N)NC3CCOc4ccccc43)CC2)cc1.I. The fourth-order valence-electron chi connectivity index (χ4n) is 4.22. The lowest BCUT2D eigenvalue weighted by Gasteiger charge is -2.31. The van der Waals surface area contributed by atoms with Gasteiger partial charge in [-0.2, -0.15) is 0 Å². The van der Waals surface area contributed by atoms with Gasteiger partial charge in [-0.25, -0.2) is 0 Å². The summed E-state index contributed by atoms with van der Waals surface area (Å²) >= 11 is 0. The van der Waals surface area contributed by atoms with E-state index in [9.17, 15) is 0 Å². The van der Waals surface area contributed by atoms with Crippen molar-refractivity contribution in [2.75, 3.05) is 26.2 Å². The van der Waals surface area contributed by atoms with Gasteiger partial charge in [0.1, 0.15) is 5.75 Å². The van der Waals surface area contributed by atoms with Gasteiger partial charge in [0.05, 0.1) is 12.6 Å². The highest BCUT2D eigenvalue weighted by molar-refractivity contribution is 14.0. The van der Waals surface area contributed by atoms with Gasteiger partial charge in [-0.15, -0.1) is 24.0 Å².